The smallest absolute Gasteiger partial charge is 0.236 e. The number of amides is 1. The third kappa shape index (κ3) is 4.69. The Balaban J connectivity index is 2.69. The lowest BCUT2D eigenvalue weighted by Gasteiger charge is -2.14. The van der Waals surface area contributed by atoms with Crippen molar-refractivity contribution in [1.29, 1.82) is 0 Å². The van der Waals surface area contributed by atoms with Gasteiger partial charge in [-0.15, -0.1) is 0 Å². The Labute approximate surface area is 108 Å². The highest BCUT2D eigenvalue weighted by Gasteiger charge is 2.08. The summed E-state index contributed by atoms with van der Waals surface area (Å²) in [6.07, 6.45) is 1.12. The SMILES string of the molecule is CCC(C)Oc1cccc(NC(=O)C(C)S)c1. The molecular weight excluding hydrogens is 234 g/mol. The van der Waals surface area contributed by atoms with Crippen LogP contribution < -0.4 is 10.1 Å². The Bertz CT molecular complexity index is 379. The molecule has 0 fully saturated rings. The van der Waals surface area contributed by atoms with Crippen LogP contribution in [-0.2, 0) is 4.79 Å². The van der Waals surface area contributed by atoms with Gasteiger partial charge in [-0.05, 0) is 32.4 Å². The van der Waals surface area contributed by atoms with Crippen LogP contribution in [0.1, 0.15) is 27.2 Å². The lowest BCUT2D eigenvalue weighted by molar-refractivity contribution is -0.115. The maximum absolute atomic E-state index is 11.5. The average Bonchev–Trinajstić information content (AvgIpc) is 2.29. The molecule has 0 aliphatic rings. The van der Waals surface area contributed by atoms with Gasteiger partial charge in [-0.2, -0.15) is 12.6 Å². The number of ether oxygens (including phenoxy) is 1. The van der Waals surface area contributed by atoms with E-state index in [1.165, 1.54) is 0 Å². The predicted octanol–water partition coefficient (Wildman–Crippen LogP) is 3.12. The van der Waals surface area contributed by atoms with Crippen LogP contribution in [0.25, 0.3) is 0 Å². The van der Waals surface area contributed by atoms with Gasteiger partial charge in [0.25, 0.3) is 0 Å². The van der Waals surface area contributed by atoms with Crippen molar-refractivity contribution in [3.63, 3.8) is 0 Å². The topological polar surface area (TPSA) is 38.3 Å². The summed E-state index contributed by atoms with van der Waals surface area (Å²) < 4.78 is 5.68. The van der Waals surface area contributed by atoms with Gasteiger partial charge in [0, 0.05) is 11.8 Å². The summed E-state index contributed by atoms with van der Waals surface area (Å²) in [4.78, 5) is 11.5. The average molecular weight is 253 g/mol. The van der Waals surface area contributed by atoms with Gasteiger partial charge in [-0.25, -0.2) is 0 Å². The monoisotopic (exact) mass is 253 g/mol. The number of nitrogens with one attached hydrogen (secondary N) is 1. The number of carbonyl (C=O) groups excluding carboxylic acids is 1. The number of thiol groups is 1. The van der Waals surface area contributed by atoms with Gasteiger partial charge in [0.05, 0.1) is 11.4 Å². The number of hydrogen-bond acceptors (Lipinski definition) is 3. The molecule has 0 spiro atoms. The molecule has 1 aromatic carbocycles. The van der Waals surface area contributed by atoms with E-state index < -0.39 is 0 Å². The Kier molecular flexibility index (Phi) is 5.35. The fourth-order valence-electron chi connectivity index (χ4n) is 1.21. The Hall–Kier alpha value is -1.16. The molecule has 2 atom stereocenters. The quantitative estimate of drug-likeness (QED) is 0.791. The Morgan fingerprint density at radius 2 is 2.18 bits per heavy atom. The molecule has 0 aromatic heterocycles. The Morgan fingerprint density at radius 3 is 2.76 bits per heavy atom. The van der Waals surface area contributed by atoms with Gasteiger partial charge < -0.3 is 10.1 Å². The molecule has 3 nitrogen and oxygen atoms in total. The van der Waals surface area contributed by atoms with Crippen LogP contribution in [0.2, 0.25) is 0 Å². The minimum atomic E-state index is -0.325. The van der Waals surface area contributed by atoms with E-state index in [2.05, 4.69) is 24.9 Å². The second-order valence-corrected chi connectivity index (χ2v) is 4.80. The van der Waals surface area contributed by atoms with Gasteiger partial charge >= 0.3 is 0 Å². The van der Waals surface area contributed by atoms with E-state index in [0.29, 0.717) is 0 Å². The van der Waals surface area contributed by atoms with Crippen molar-refractivity contribution in [3.05, 3.63) is 24.3 Å². The van der Waals surface area contributed by atoms with E-state index in [4.69, 9.17) is 4.74 Å². The highest BCUT2D eigenvalue weighted by atomic mass is 32.1. The summed E-state index contributed by atoms with van der Waals surface area (Å²) in [7, 11) is 0. The lowest BCUT2D eigenvalue weighted by atomic mass is 10.2. The molecule has 0 bridgehead atoms. The maximum atomic E-state index is 11.5. The summed E-state index contributed by atoms with van der Waals surface area (Å²) in [6.45, 7) is 5.82. The maximum Gasteiger partial charge on any atom is 0.236 e. The van der Waals surface area contributed by atoms with Crippen LogP contribution in [-0.4, -0.2) is 17.3 Å². The minimum Gasteiger partial charge on any atom is -0.491 e. The Morgan fingerprint density at radius 1 is 1.47 bits per heavy atom. The molecule has 0 saturated heterocycles. The fourth-order valence-corrected chi connectivity index (χ4v) is 1.27. The first-order valence-corrected chi connectivity index (χ1v) is 6.30. The van der Waals surface area contributed by atoms with Gasteiger partial charge in [-0.3, -0.25) is 4.79 Å². The van der Waals surface area contributed by atoms with E-state index in [1.54, 1.807) is 6.92 Å². The standard InChI is InChI=1S/C13H19NO2S/c1-4-9(2)16-12-7-5-6-11(8-12)14-13(15)10(3)17/h5-10,17H,4H2,1-3H3,(H,14,15). The van der Waals surface area contributed by atoms with E-state index in [0.717, 1.165) is 17.9 Å². The van der Waals surface area contributed by atoms with Crippen molar-refractivity contribution in [1.82, 2.24) is 0 Å². The van der Waals surface area contributed by atoms with Crippen molar-refractivity contribution in [2.24, 2.45) is 0 Å². The number of anilines is 1. The molecule has 4 heteroatoms. The predicted molar refractivity (Wildman–Crippen MR) is 73.9 cm³/mol. The number of hydrogen-bond donors (Lipinski definition) is 2. The van der Waals surface area contributed by atoms with Crippen molar-refractivity contribution in [2.75, 3.05) is 5.32 Å². The summed E-state index contributed by atoms with van der Waals surface area (Å²) in [5.41, 5.74) is 0.733. The van der Waals surface area contributed by atoms with Gasteiger partial charge in [0.15, 0.2) is 0 Å². The van der Waals surface area contributed by atoms with Crippen LogP contribution in [0, 0.1) is 0 Å². The molecule has 0 radical (unpaired) electrons. The van der Waals surface area contributed by atoms with Gasteiger partial charge in [-0.1, -0.05) is 13.0 Å². The molecule has 0 aliphatic carbocycles. The molecule has 1 aromatic rings. The zero-order valence-corrected chi connectivity index (χ0v) is 11.3. The first-order chi connectivity index (χ1) is 8.02. The summed E-state index contributed by atoms with van der Waals surface area (Å²) in [6, 6.07) is 7.39. The summed E-state index contributed by atoms with van der Waals surface area (Å²) in [5, 5.41) is 2.45. The molecule has 1 amide bonds. The third-order valence-electron chi connectivity index (χ3n) is 2.39. The van der Waals surface area contributed by atoms with Crippen LogP contribution >= 0.6 is 12.6 Å². The number of carbonyl (C=O) groups is 1. The molecule has 1 rings (SSSR count). The third-order valence-corrected chi connectivity index (χ3v) is 2.63. The van der Waals surface area contributed by atoms with Gasteiger partial charge in [0.1, 0.15) is 5.75 Å². The zero-order valence-electron chi connectivity index (χ0n) is 10.4. The van der Waals surface area contributed by atoms with Crippen molar-refractivity contribution in [2.45, 2.75) is 38.5 Å². The van der Waals surface area contributed by atoms with Crippen LogP contribution in [0.15, 0.2) is 24.3 Å². The highest BCUT2D eigenvalue weighted by molar-refractivity contribution is 7.81. The summed E-state index contributed by atoms with van der Waals surface area (Å²) in [5.74, 6) is 0.651. The molecule has 1 N–H and O–H groups in total. The number of rotatable bonds is 5. The van der Waals surface area contributed by atoms with Crippen LogP contribution in [0.3, 0.4) is 0 Å². The molecule has 0 heterocycles. The molecule has 0 saturated carbocycles. The second kappa shape index (κ2) is 6.55. The first-order valence-electron chi connectivity index (χ1n) is 5.78. The fraction of sp³-hybridized carbons (Fsp3) is 0.462. The van der Waals surface area contributed by atoms with Crippen molar-refractivity contribution in [3.8, 4) is 5.75 Å². The van der Waals surface area contributed by atoms with E-state index in [9.17, 15) is 4.79 Å². The lowest BCUT2D eigenvalue weighted by Crippen LogP contribution is -2.20. The van der Waals surface area contributed by atoms with Crippen LogP contribution in [0.4, 0.5) is 5.69 Å². The zero-order chi connectivity index (χ0) is 12.8. The molecule has 94 valence electrons. The molecule has 0 aliphatic heterocycles. The second-order valence-electron chi connectivity index (χ2n) is 4.03. The molecular formula is C13H19NO2S. The number of benzene rings is 1. The molecule has 17 heavy (non-hydrogen) atoms. The van der Waals surface area contributed by atoms with E-state index in [-0.39, 0.29) is 17.3 Å². The minimum absolute atomic E-state index is 0.117. The molecule has 2 unspecified atom stereocenters. The van der Waals surface area contributed by atoms with Crippen molar-refractivity contribution < 1.29 is 9.53 Å². The highest BCUT2D eigenvalue weighted by Crippen LogP contribution is 2.19. The van der Waals surface area contributed by atoms with E-state index >= 15 is 0 Å². The van der Waals surface area contributed by atoms with E-state index in [1.807, 2.05) is 31.2 Å². The normalized spacial score (nSPS) is 13.9. The largest absolute Gasteiger partial charge is 0.491 e. The van der Waals surface area contributed by atoms with Crippen LogP contribution in [0.5, 0.6) is 5.75 Å². The van der Waals surface area contributed by atoms with Gasteiger partial charge in [0.2, 0.25) is 5.91 Å². The van der Waals surface area contributed by atoms with Crippen molar-refractivity contribution >= 4 is 24.2 Å². The summed E-state index contributed by atoms with van der Waals surface area (Å²) >= 11 is 4.08. The first kappa shape index (κ1) is 13.9.